The van der Waals surface area contributed by atoms with Gasteiger partial charge < -0.3 is 15.4 Å². The number of ether oxygens (including phenoxy) is 1. The summed E-state index contributed by atoms with van der Waals surface area (Å²) in [5, 5.41) is 10.2. The van der Waals surface area contributed by atoms with Crippen LogP contribution in [0.25, 0.3) is 5.69 Å². The molecular weight excluding hydrogens is 268 g/mol. The molecule has 1 aromatic heterocycles. The predicted molar refractivity (Wildman–Crippen MR) is 79.4 cm³/mol. The molecule has 0 saturated carbocycles. The van der Waals surface area contributed by atoms with Gasteiger partial charge in [0.25, 0.3) is 0 Å². The Bertz CT molecular complexity index is 620. The summed E-state index contributed by atoms with van der Waals surface area (Å²) in [6.45, 7) is 3.61. The summed E-state index contributed by atoms with van der Waals surface area (Å²) in [4.78, 5) is 12.0. The number of rotatable bonds is 5. The lowest BCUT2D eigenvalue weighted by Gasteiger charge is -2.38. The lowest BCUT2D eigenvalue weighted by atomic mass is 10.0. The highest BCUT2D eigenvalue weighted by Crippen LogP contribution is 2.19. The number of carbonyl (C=O) groups excluding carboxylic acids is 1. The van der Waals surface area contributed by atoms with Crippen molar-refractivity contribution in [2.24, 2.45) is 0 Å². The third kappa shape index (κ3) is 3.12. The topological polar surface area (TPSA) is 68.2 Å². The Labute approximate surface area is 123 Å². The van der Waals surface area contributed by atoms with E-state index >= 15 is 0 Å². The predicted octanol–water partition coefficient (Wildman–Crippen LogP) is 1.19. The molecule has 0 spiro atoms. The first kappa shape index (κ1) is 13.8. The Morgan fingerprint density at radius 2 is 2.24 bits per heavy atom. The standard InChI is InChI=1S/C15H18N4O2/c1-15(10-16-11-15)21-9-14(20)18-12-5-2-3-6-13(12)19-8-4-7-17-19/h2-8,16H,9-11H2,1H3,(H,18,20). The largest absolute Gasteiger partial charge is 0.363 e. The number of amides is 1. The van der Waals surface area contributed by atoms with Crippen LogP contribution < -0.4 is 10.6 Å². The van der Waals surface area contributed by atoms with Gasteiger partial charge in [0, 0.05) is 25.5 Å². The maximum absolute atomic E-state index is 12.0. The number of aromatic nitrogens is 2. The van der Waals surface area contributed by atoms with Crippen molar-refractivity contribution in [3.8, 4) is 5.69 Å². The normalized spacial score (nSPS) is 16.2. The Morgan fingerprint density at radius 1 is 1.43 bits per heavy atom. The van der Waals surface area contributed by atoms with Gasteiger partial charge >= 0.3 is 0 Å². The third-order valence-corrected chi connectivity index (χ3v) is 3.48. The first-order valence-corrected chi connectivity index (χ1v) is 6.90. The Hall–Kier alpha value is -2.18. The summed E-state index contributed by atoms with van der Waals surface area (Å²) in [5.74, 6) is -0.164. The van der Waals surface area contributed by atoms with Crippen LogP contribution in [0.2, 0.25) is 0 Å². The molecule has 2 N–H and O–H groups in total. The van der Waals surface area contributed by atoms with Gasteiger partial charge in [0.15, 0.2) is 0 Å². The van der Waals surface area contributed by atoms with Crippen LogP contribution in [0.1, 0.15) is 6.92 Å². The third-order valence-electron chi connectivity index (χ3n) is 3.48. The van der Waals surface area contributed by atoms with E-state index in [2.05, 4.69) is 15.7 Å². The molecule has 1 fully saturated rings. The first-order chi connectivity index (χ1) is 10.2. The number of carbonyl (C=O) groups is 1. The Morgan fingerprint density at radius 3 is 2.90 bits per heavy atom. The number of anilines is 1. The van der Waals surface area contributed by atoms with Crippen LogP contribution >= 0.6 is 0 Å². The molecule has 2 heterocycles. The van der Waals surface area contributed by atoms with Crippen molar-refractivity contribution < 1.29 is 9.53 Å². The number of nitrogens with one attached hydrogen (secondary N) is 2. The van der Waals surface area contributed by atoms with E-state index < -0.39 is 0 Å². The van der Waals surface area contributed by atoms with Crippen LogP contribution in [0.3, 0.4) is 0 Å². The van der Waals surface area contributed by atoms with Crippen molar-refractivity contribution in [2.75, 3.05) is 25.0 Å². The van der Waals surface area contributed by atoms with Crippen LogP contribution in [0, 0.1) is 0 Å². The van der Waals surface area contributed by atoms with Gasteiger partial charge in [-0.05, 0) is 25.1 Å². The van der Waals surface area contributed by atoms with Gasteiger partial charge in [-0.1, -0.05) is 12.1 Å². The molecule has 110 valence electrons. The molecule has 0 radical (unpaired) electrons. The van der Waals surface area contributed by atoms with Crippen molar-refractivity contribution >= 4 is 11.6 Å². The molecule has 0 bridgehead atoms. The minimum atomic E-state index is -0.223. The minimum absolute atomic E-state index is 0.0472. The summed E-state index contributed by atoms with van der Waals surface area (Å²) in [7, 11) is 0. The highest BCUT2D eigenvalue weighted by atomic mass is 16.5. The van der Waals surface area contributed by atoms with E-state index in [0.29, 0.717) is 5.69 Å². The molecule has 0 unspecified atom stereocenters. The molecule has 6 nitrogen and oxygen atoms in total. The second-order valence-electron chi connectivity index (χ2n) is 5.36. The molecule has 1 aliphatic rings. The molecule has 1 amide bonds. The monoisotopic (exact) mass is 286 g/mol. The van der Waals surface area contributed by atoms with Gasteiger partial charge in [-0.3, -0.25) is 4.79 Å². The summed E-state index contributed by atoms with van der Waals surface area (Å²) in [5.41, 5.74) is 1.32. The fourth-order valence-corrected chi connectivity index (χ4v) is 2.20. The summed E-state index contributed by atoms with van der Waals surface area (Å²) < 4.78 is 7.35. The van der Waals surface area contributed by atoms with Crippen LogP contribution in [-0.2, 0) is 9.53 Å². The van der Waals surface area contributed by atoms with Gasteiger partial charge in [0.2, 0.25) is 5.91 Å². The fourth-order valence-electron chi connectivity index (χ4n) is 2.20. The van der Waals surface area contributed by atoms with Crippen LogP contribution in [0.5, 0.6) is 0 Å². The molecule has 1 aliphatic heterocycles. The van der Waals surface area contributed by atoms with E-state index in [-0.39, 0.29) is 18.1 Å². The zero-order valence-corrected chi connectivity index (χ0v) is 11.9. The highest BCUT2D eigenvalue weighted by Gasteiger charge is 2.33. The van der Waals surface area contributed by atoms with E-state index in [1.807, 2.05) is 43.5 Å². The van der Waals surface area contributed by atoms with Crippen molar-refractivity contribution in [3.63, 3.8) is 0 Å². The Balaban J connectivity index is 1.66. The molecule has 21 heavy (non-hydrogen) atoms. The first-order valence-electron chi connectivity index (χ1n) is 6.90. The molecule has 0 aliphatic carbocycles. The number of nitrogens with zero attached hydrogens (tertiary/aromatic N) is 2. The van der Waals surface area contributed by atoms with E-state index in [0.717, 1.165) is 18.8 Å². The number of benzene rings is 1. The van der Waals surface area contributed by atoms with Crippen LogP contribution in [0.4, 0.5) is 5.69 Å². The van der Waals surface area contributed by atoms with Gasteiger partial charge in [-0.15, -0.1) is 0 Å². The fraction of sp³-hybridized carbons (Fsp3) is 0.333. The van der Waals surface area contributed by atoms with Crippen molar-refractivity contribution in [3.05, 3.63) is 42.7 Å². The van der Waals surface area contributed by atoms with Gasteiger partial charge in [0.05, 0.1) is 17.0 Å². The van der Waals surface area contributed by atoms with E-state index in [1.54, 1.807) is 10.9 Å². The average Bonchev–Trinajstić information content (AvgIpc) is 2.98. The number of hydrogen-bond donors (Lipinski definition) is 2. The zero-order chi connectivity index (χ0) is 14.7. The summed E-state index contributed by atoms with van der Waals surface area (Å²) in [6, 6.07) is 9.37. The maximum Gasteiger partial charge on any atom is 0.250 e. The Kier molecular flexibility index (Phi) is 3.72. The van der Waals surface area contributed by atoms with Gasteiger partial charge in [-0.2, -0.15) is 5.10 Å². The van der Waals surface area contributed by atoms with E-state index in [4.69, 9.17) is 4.74 Å². The van der Waals surface area contributed by atoms with Gasteiger partial charge in [0.1, 0.15) is 6.61 Å². The number of hydrogen-bond acceptors (Lipinski definition) is 4. The smallest absolute Gasteiger partial charge is 0.250 e. The minimum Gasteiger partial charge on any atom is -0.363 e. The lowest BCUT2D eigenvalue weighted by Crippen LogP contribution is -2.59. The van der Waals surface area contributed by atoms with Crippen LogP contribution in [0.15, 0.2) is 42.7 Å². The van der Waals surface area contributed by atoms with Gasteiger partial charge in [-0.25, -0.2) is 4.68 Å². The van der Waals surface area contributed by atoms with E-state index in [9.17, 15) is 4.79 Å². The van der Waals surface area contributed by atoms with Crippen molar-refractivity contribution in [1.82, 2.24) is 15.1 Å². The van der Waals surface area contributed by atoms with Crippen molar-refractivity contribution in [1.29, 1.82) is 0 Å². The molecule has 6 heteroatoms. The lowest BCUT2D eigenvalue weighted by molar-refractivity contribution is -0.130. The second kappa shape index (κ2) is 5.67. The average molecular weight is 286 g/mol. The zero-order valence-electron chi connectivity index (χ0n) is 11.9. The maximum atomic E-state index is 12.0. The van der Waals surface area contributed by atoms with E-state index in [1.165, 1.54) is 0 Å². The molecule has 3 rings (SSSR count). The SMILES string of the molecule is CC1(OCC(=O)Nc2ccccc2-n2cccn2)CNC1. The molecule has 1 aromatic carbocycles. The second-order valence-corrected chi connectivity index (χ2v) is 5.36. The molecule has 0 atom stereocenters. The summed E-state index contributed by atoms with van der Waals surface area (Å²) >= 11 is 0. The molecule has 1 saturated heterocycles. The summed E-state index contributed by atoms with van der Waals surface area (Å²) in [6.07, 6.45) is 3.54. The van der Waals surface area contributed by atoms with Crippen molar-refractivity contribution in [2.45, 2.75) is 12.5 Å². The molecule has 2 aromatic rings. The van der Waals surface area contributed by atoms with Crippen LogP contribution in [-0.4, -0.2) is 41.0 Å². The molecular formula is C15H18N4O2. The number of para-hydroxylation sites is 2. The quantitative estimate of drug-likeness (QED) is 0.866. The highest BCUT2D eigenvalue weighted by molar-refractivity contribution is 5.93.